The maximum absolute atomic E-state index is 10.4. The van der Waals surface area contributed by atoms with Crippen LogP contribution in [0.4, 0.5) is 0 Å². The van der Waals surface area contributed by atoms with E-state index >= 15 is 0 Å². The Bertz CT molecular complexity index is 257. The minimum atomic E-state index is -0.902. The Morgan fingerprint density at radius 3 is 3.23 bits per heavy atom. The van der Waals surface area contributed by atoms with Gasteiger partial charge in [0.2, 0.25) is 0 Å². The summed E-state index contributed by atoms with van der Waals surface area (Å²) in [6.07, 6.45) is 1.61. The summed E-state index contributed by atoms with van der Waals surface area (Å²) in [7, 11) is 0. The third-order valence-electron chi connectivity index (χ3n) is 1.44. The minimum absolute atomic E-state index is 0.0775. The molecule has 0 saturated heterocycles. The number of oxime groups is 1. The SMILES string of the molecule is CCON=C1OCC=C1CC(=O)O. The predicted octanol–water partition coefficient (Wildman–Crippen LogP) is 0.768. The first kappa shape index (κ1) is 9.57. The molecule has 13 heavy (non-hydrogen) atoms. The van der Waals surface area contributed by atoms with Crippen molar-refractivity contribution >= 4 is 11.9 Å². The molecule has 72 valence electrons. The van der Waals surface area contributed by atoms with Gasteiger partial charge in [-0.05, 0) is 18.2 Å². The molecule has 0 atom stereocenters. The van der Waals surface area contributed by atoms with Gasteiger partial charge in [0.25, 0.3) is 5.90 Å². The summed E-state index contributed by atoms with van der Waals surface area (Å²) < 4.78 is 5.04. The van der Waals surface area contributed by atoms with Gasteiger partial charge in [0.05, 0.1) is 6.42 Å². The number of ether oxygens (including phenoxy) is 1. The van der Waals surface area contributed by atoms with Gasteiger partial charge in [-0.3, -0.25) is 4.79 Å². The van der Waals surface area contributed by atoms with Crippen LogP contribution in [0.2, 0.25) is 0 Å². The zero-order chi connectivity index (χ0) is 9.68. The second-order valence-corrected chi connectivity index (χ2v) is 2.43. The molecule has 5 heteroatoms. The van der Waals surface area contributed by atoms with Crippen LogP contribution in [0.15, 0.2) is 16.8 Å². The van der Waals surface area contributed by atoms with Crippen molar-refractivity contribution in [2.24, 2.45) is 5.16 Å². The molecule has 0 aliphatic carbocycles. The van der Waals surface area contributed by atoms with E-state index in [1.54, 1.807) is 13.0 Å². The lowest BCUT2D eigenvalue weighted by atomic mass is 10.2. The van der Waals surface area contributed by atoms with Crippen LogP contribution in [0.25, 0.3) is 0 Å². The van der Waals surface area contributed by atoms with Gasteiger partial charge in [-0.25, -0.2) is 0 Å². The van der Waals surface area contributed by atoms with Crippen molar-refractivity contribution in [1.82, 2.24) is 0 Å². The molecule has 1 aliphatic rings. The fourth-order valence-electron chi connectivity index (χ4n) is 0.920. The molecule has 0 amide bonds. The molecule has 0 unspecified atom stereocenters. The second kappa shape index (κ2) is 4.49. The van der Waals surface area contributed by atoms with E-state index in [-0.39, 0.29) is 12.3 Å². The molecule has 0 saturated carbocycles. The lowest BCUT2D eigenvalue weighted by molar-refractivity contribution is -0.136. The smallest absolute Gasteiger partial charge is 0.308 e. The average Bonchev–Trinajstić information content (AvgIpc) is 2.48. The first-order valence-electron chi connectivity index (χ1n) is 3.98. The van der Waals surface area contributed by atoms with E-state index in [0.717, 1.165) is 0 Å². The number of carboxylic acid groups (broad SMARTS) is 1. The van der Waals surface area contributed by atoms with Crippen molar-refractivity contribution in [3.8, 4) is 0 Å². The van der Waals surface area contributed by atoms with Crippen LogP contribution < -0.4 is 0 Å². The summed E-state index contributed by atoms with van der Waals surface area (Å²) >= 11 is 0. The molecule has 0 bridgehead atoms. The minimum Gasteiger partial charge on any atom is -0.481 e. The van der Waals surface area contributed by atoms with E-state index in [1.165, 1.54) is 0 Å². The van der Waals surface area contributed by atoms with Gasteiger partial charge in [0, 0.05) is 5.57 Å². The molecule has 0 spiro atoms. The quantitative estimate of drug-likeness (QED) is 0.657. The highest BCUT2D eigenvalue weighted by molar-refractivity contribution is 5.98. The fraction of sp³-hybridized carbons (Fsp3) is 0.500. The topological polar surface area (TPSA) is 68.1 Å². The van der Waals surface area contributed by atoms with E-state index in [9.17, 15) is 4.79 Å². The fourth-order valence-corrected chi connectivity index (χ4v) is 0.920. The molecule has 1 N–H and O–H groups in total. The number of hydrogen-bond donors (Lipinski definition) is 1. The summed E-state index contributed by atoms with van der Waals surface area (Å²) in [6, 6.07) is 0. The Balaban J connectivity index is 2.57. The van der Waals surface area contributed by atoms with E-state index in [1.807, 2.05) is 0 Å². The molecule has 0 fully saturated rings. The van der Waals surface area contributed by atoms with Crippen LogP contribution in [0.1, 0.15) is 13.3 Å². The Hall–Kier alpha value is -1.52. The summed E-state index contributed by atoms with van der Waals surface area (Å²) in [5, 5.41) is 12.2. The van der Waals surface area contributed by atoms with Crippen molar-refractivity contribution < 1.29 is 19.5 Å². The van der Waals surface area contributed by atoms with Gasteiger partial charge in [0.1, 0.15) is 13.2 Å². The average molecular weight is 185 g/mol. The Labute approximate surface area is 75.6 Å². The number of carbonyl (C=O) groups is 1. The maximum atomic E-state index is 10.4. The number of nitrogens with zero attached hydrogens (tertiary/aromatic N) is 1. The lowest BCUT2D eigenvalue weighted by Gasteiger charge is -2.00. The van der Waals surface area contributed by atoms with E-state index < -0.39 is 5.97 Å². The van der Waals surface area contributed by atoms with Gasteiger partial charge in [-0.15, -0.1) is 0 Å². The number of aliphatic carboxylic acids is 1. The van der Waals surface area contributed by atoms with E-state index in [4.69, 9.17) is 14.7 Å². The third kappa shape index (κ3) is 2.77. The molecule has 0 aromatic carbocycles. The standard InChI is InChI=1S/C8H11NO4/c1-2-13-9-8-6(3-4-12-8)5-7(10)11/h3H,2,4-5H2,1H3,(H,10,11). The molecular weight excluding hydrogens is 174 g/mol. The Kier molecular flexibility index (Phi) is 3.31. The highest BCUT2D eigenvalue weighted by Crippen LogP contribution is 2.12. The normalized spacial score (nSPS) is 18.2. The molecule has 1 aliphatic heterocycles. The summed E-state index contributed by atoms with van der Waals surface area (Å²) in [5.74, 6) is -0.620. The number of rotatable bonds is 4. The third-order valence-corrected chi connectivity index (χ3v) is 1.44. The monoisotopic (exact) mass is 185 g/mol. The van der Waals surface area contributed by atoms with Crippen LogP contribution in [0, 0.1) is 0 Å². The highest BCUT2D eigenvalue weighted by atomic mass is 16.6. The van der Waals surface area contributed by atoms with Gasteiger partial charge in [0.15, 0.2) is 0 Å². The molecule has 5 nitrogen and oxygen atoms in total. The molecule has 1 heterocycles. The summed E-state index contributed by atoms with van der Waals surface area (Å²) in [5.41, 5.74) is 0.570. The molecule has 0 aromatic rings. The van der Waals surface area contributed by atoms with Crippen molar-refractivity contribution in [1.29, 1.82) is 0 Å². The van der Waals surface area contributed by atoms with Crippen molar-refractivity contribution in [2.75, 3.05) is 13.2 Å². The highest BCUT2D eigenvalue weighted by Gasteiger charge is 2.18. The molecule has 0 aromatic heterocycles. The van der Waals surface area contributed by atoms with Crippen LogP contribution in [0.5, 0.6) is 0 Å². The second-order valence-electron chi connectivity index (χ2n) is 2.43. The largest absolute Gasteiger partial charge is 0.481 e. The van der Waals surface area contributed by atoms with Crippen molar-refractivity contribution in [2.45, 2.75) is 13.3 Å². The summed E-state index contributed by atoms with van der Waals surface area (Å²) in [4.78, 5) is 15.1. The van der Waals surface area contributed by atoms with Gasteiger partial charge in [-0.1, -0.05) is 0 Å². The lowest BCUT2D eigenvalue weighted by Crippen LogP contribution is -2.06. The summed E-state index contributed by atoms with van der Waals surface area (Å²) in [6.45, 7) is 2.60. The zero-order valence-electron chi connectivity index (χ0n) is 7.32. The van der Waals surface area contributed by atoms with Gasteiger partial charge in [-0.2, -0.15) is 0 Å². The Morgan fingerprint density at radius 1 is 1.85 bits per heavy atom. The predicted molar refractivity (Wildman–Crippen MR) is 45.3 cm³/mol. The van der Waals surface area contributed by atoms with Crippen molar-refractivity contribution in [3.05, 3.63) is 11.6 Å². The van der Waals surface area contributed by atoms with Crippen LogP contribution >= 0.6 is 0 Å². The zero-order valence-corrected chi connectivity index (χ0v) is 7.32. The van der Waals surface area contributed by atoms with Crippen LogP contribution in [-0.4, -0.2) is 30.2 Å². The number of hydrogen-bond acceptors (Lipinski definition) is 4. The molecular formula is C8H11NO4. The van der Waals surface area contributed by atoms with Crippen LogP contribution in [-0.2, 0) is 14.4 Å². The van der Waals surface area contributed by atoms with E-state index in [2.05, 4.69) is 5.16 Å². The first-order valence-corrected chi connectivity index (χ1v) is 3.98. The molecule has 0 radical (unpaired) electrons. The number of carboxylic acids is 1. The van der Waals surface area contributed by atoms with Gasteiger partial charge < -0.3 is 14.7 Å². The van der Waals surface area contributed by atoms with Gasteiger partial charge >= 0.3 is 5.97 Å². The Morgan fingerprint density at radius 2 is 2.62 bits per heavy atom. The van der Waals surface area contributed by atoms with Crippen molar-refractivity contribution in [3.63, 3.8) is 0 Å². The maximum Gasteiger partial charge on any atom is 0.308 e. The van der Waals surface area contributed by atoms with E-state index in [0.29, 0.717) is 18.8 Å². The molecule has 1 rings (SSSR count). The van der Waals surface area contributed by atoms with Crippen LogP contribution in [0.3, 0.4) is 0 Å². The first-order chi connectivity index (χ1) is 6.24.